The number of amides is 1. The molecule has 0 spiro atoms. The van der Waals surface area contributed by atoms with Gasteiger partial charge in [-0.25, -0.2) is 12.8 Å². The molecule has 0 bridgehead atoms. The van der Waals surface area contributed by atoms with Crippen molar-refractivity contribution >= 4 is 38.9 Å². The van der Waals surface area contributed by atoms with Gasteiger partial charge in [0.2, 0.25) is 5.91 Å². The van der Waals surface area contributed by atoms with Crippen LogP contribution in [-0.4, -0.2) is 68.2 Å². The molecule has 1 aliphatic rings. The first-order valence-corrected chi connectivity index (χ1v) is 11.4. The summed E-state index contributed by atoms with van der Waals surface area (Å²) in [6.45, 7) is 2.43. The average molecular weight is 446 g/mol. The van der Waals surface area contributed by atoms with Crippen LogP contribution in [0.15, 0.2) is 40.6 Å². The van der Waals surface area contributed by atoms with Crippen LogP contribution in [0.25, 0.3) is 0 Å². The Morgan fingerprint density at radius 3 is 2.46 bits per heavy atom. The first kappa shape index (κ1) is 21.2. The van der Waals surface area contributed by atoms with Crippen LogP contribution in [0.2, 0.25) is 4.34 Å². The first-order valence-electron chi connectivity index (χ1n) is 8.72. The summed E-state index contributed by atoms with van der Waals surface area (Å²) in [5.41, 5.74) is 0.628. The smallest absolute Gasteiger partial charge is 0.252 e. The molecule has 0 aliphatic carbocycles. The molecule has 0 N–H and O–H groups in total. The largest absolute Gasteiger partial charge is 0.339 e. The molecule has 1 aliphatic heterocycles. The number of hydrogen-bond donors (Lipinski definition) is 0. The lowest BCUT2D eigenvalue weighted by Crippen LogP contribution is -2.51. The van der Waals surface area contributed by atoms with Gasteiger partial charge < -0.3 is 4.90 Å². The third-order valence-corrected chi connectivity index (χ3v) is 8.15. The van der Waals surface area contributed by atoms with Gasteiger partial charge >= 0.3 is 0 Å². The van der Waals surface area contributed by atoms with E-state index in [2.05, 4.69) is 4.90 Å². The van der Waals surface area contributed by atoms with Crippen molar-refractivity contribution in [2.24, 2.45) is 0 Å². The molecule has 152 valence electrons. The summed E-state index contributed by atoms with van der Waals surface area (Å²) in [6.07, 6.45) is 0. The number of carbonyl (C=O) groups is 1. The zero-order valence-electron chi connectivity index (χ0n) is 15.3. The first-order chi connectivity index (χ1) is 13.3. The van der Waals surface area contributed by atoms with Crippen molar-refractivity contribution in [3.05, 3.63) is 52.1 Å². The maximum Gasteiger partial charge on any atom is 0.252 e. The molecule has 1 amide bonds. The van der Waals surface area contributed by atoms with Crippen molar-refractivity contribution in [1.82, 2.24) is 14.1 Å². The maximum absolute atomic E-state index is 13.8. The monoisotopic (exact) mass is 445 g/mol. The minimum absolute atomic E-state index is 0.113. The van der Waals surface area contributed by atoms with Crippen LogP contribution in [0.5, 0.6) is 0 Å². The molecule has 0 saturated carbocycles. The van der Waals surface area contributed by atoms with E-state index in [0.717, 1.165) is 15.6 Å². The van der Waals surface area contributed by atoms with E-state index < -0.39 is 10.0 Å². The minimum Gasteiger partial charge on any atom is -0.339 e. The van der Waals surface area contributed by atoms with Crippen LogP contribution in [0.1, 0.15) is 5.56 Å². The van der Waals surface area contributed by atoms with Crippen LogP contribution < -0.4 is 0 Å². The molecule has 3 rings (SSSR count). The van der Waals surface area contributed by atoms with Gasteiger partial charge in [0.25, 0.3) is 10.0 Å². The SMILES string of the molecule is CN(CC(=O)N1CCN(Cc2ccccc2F)CC1)S(=O)(=O)c1ccc(Cl)s1. The molecule has 1 aromatic carbocycles. The summed E-state index contributed by atoms with van der Waals surface area (Å²) in [7, 11) is -2.36. The number of piperazine rings is 1. The molecule has 0 radical (unpaired) electrons. The number of benzene rings is 1. The third-order valence-electron chi connectivity index (χ3n) is 4.65. The lowest BCUT2D eigenvalue weighted by molar-refractivity contribution is -0.133. The predicted molar refractivity (Wildman–Crippen MR) is 107 cm³/mol. The van der Waals surface area contributed by atoms with Crippen molar-refractivity contribution in [1.29, 1.82) is 0 Å². The Labute approximate surface area is 173 Å². The molecule has 1 fully saturated rings. The number of sulfonamides is 1. The summed E-state index contributed by atoms with van der Waals surface area (Å²) in [4.78, 5) is 16.3. The topological polar surface area (TPSA) is 60.9 Å². The predicted octanol–water partition coefficient (Wildman–Crippen LogP) is 2.51. The van der Waals surface area contributed by atoms with Crippen LogP contribution in [0, 0.1) is 5.82 Å². The quantitative estimate of drug-likeness (QED) is 0.685. The van der Waals surface area contributed by atoms with E-state index in [1.807, 2.05) is 0 Å². The van der Waals surface area contributed by atoms with E-state index in [4.69, 9.17) is 11.6 Å². The highest BCUT2D eigenvalue weighted by atomic mass is 35.5. The second-order valence-corrected chi connectivity index (χ2v) is 10.6. The van der Waals surface area contributed by atoms with Gasteiger partial charge in [-0.2, -0.15) is 4.31 Å². The molecule has 2 heterocycles. The third kappa shape index (κ3) is 4.90. The van der Waals surface area contributed by atoms with Gasteiger partial charge in [0, 0.05) is 45.3 Å². The molecule has 1 saturated heterocycles. The maximum atomic E-state index is 13.8. The van der Waals surface area contributed by atoms with Crippen molar-refractivity contribution in [2.75, 3.05) is 39.8 Å². The Balaban J connectivity index is 1.53. The van der Waals surface area contributed by atoms with Crippen LogP contribution >= 0.6 is 22.9 Å². The second-order valence-electron chi connectivity index (χ2n) is 6.57. The fourth-order valence-corrected chi connectivity index (χ4v) is 5.80. The zero-order chi connectivity index (χ0) is 20.3. The van der Waals surface area contributed by atoms with Gasteiger partial charge in [-0.15, -0.1) is 11.3 Å². The van der Waals surface area contributed by atoms with E-state index in [1.165, 1.54) is 25.2 Å². The fourth-order valence-electron chi connectivity index (χ4n) is 2.99. The van der Waals surface area contributed by atoms with E-state index in [-0.39, 0.29) is 22.5 Å². The Hall–Kier alpha value is -1.52. The number of hydrogen-bond acceptors (Lipinski definition) is 5. The Kier molecular flexibility index (Phi) is 6.72. The normalized spacial score (nSPS) is 15.9. The molecule has 6 nitrogen and oxygen atoms in total. The van der Waals surface area contributed by atoms with E-state index in [1.54, 1.807) is 23.1 Å². The highest BCUT2D eigenvalue weighted by Gasteiger charge is 2.28. The molecular weight excluding hydrogens is 425 g/mol. The average Bonchev–Trinajstić information content (AvgIpc) is 3.11. The van der Waals surface area contributed by atoms with Crippen LogP contribution in [-0.2, 0) is 21.4 Å². The Morgan fingerprint density at radius 1 is 1.18 bits per heavy atom. The molecular formula is C18H21ClFN3O3S2. The van der Waals surface area contributed by atoms with Crippen molar-refractivity contribution in [3.8, 4) is 0 Å². The number of halogens is 2. The summed E-state index contributed by atoms with van der Waals surface area (Å²) >= 11 is 6.77. The Bertz CT molecular complexity index is 943. The summed E-state index contributed by atoms with van der Waals surface area (Å²) in [5.74, 6) is -0.485. The van der Waals surface area contributed by atoms with Gasteiger partial charge in [-0.3, -0.25) is 9.69 Å². The van der Waals surface area contributed by atoms with E-state index in [0.29, 0.717) is 42.6 Å². The fraction of sp³-hybridized carbons (Fsp3) is 0.389. The molecule has 0 unspecified atom stereocenters. The lowest BCUT2D eigenvalue weighted by atomic mass is 10.2. The molecule has 0 atom stereocenters. The standard InChI is InChI=1S/C18H21ClFN3O3S2/c1-21(28(25,26)18-7-6-16(19)27-18)13-17(24)23-10-8-22(9-11-23)12-14-4-2-3-5-15(14)20/h2-7H,8-13H2,1H3. The van der Waals surface area contributed by atoms with Gasteiger partial charge in [0.05, 0.1) is 10.9 Å². The van der Waals surface area contributed by atoms with E-state index >= 15 is 0 Å². The summed E-state index contributed by atoms with van der Waals surface area (Å²) in [5, 5.41) is 0. The zero-order valence-corrected chi connectivity index (χ0v) is 17.7. The summed E-state index contributed by atoms with van der Waals surface area (Å²) in [6, 6.07) is 9.60. The molecule has 28 heavy (non-hydrogen) atoms. The highest BCUT2D eigenvalue weighted by molar-refractivity contribution is 7.91. The highest BCUT2D eigenvalue weighted by Crippen LogP contribution is 2.27. The van der Waals surface area contributed by atoms with Gasteiger partial charge in [0.15, 0.2) is 0 Å². The van der Waals surface area contributed by atoms with Gasteiger partial charge in [-0.05, 0) is 18.2 Å². The second kappa shape index (κ2) is 8.87. The number of carbonyl (C=O) groups excluding carboxylic acids is 1. The number of nitrogens with zero attached hydrogens (tertiary/aromatic N) is 3. The van der Waals surface area contributed by atoms with Crippen molar-refractivity contribution < 1.29 is 17.6 Å². The number of likely N-dealkylation sites (N-methyl/N-ethyl adjacent to an activating group) is 1. The molecule has 10 heteroatoms. The van der Waals surface area contributed by atoms with Crippen molar-refractivity contribution in [3.63, 3.8) is 0 Å². The van der Waals surface area contributed by atoms with Crippen LogP contribution in [0.3, 0.4) is 0 Å². The lowest BCUT2D eigenvalue weighted by Gasteiger charge is -2.35. The molecule has 1 aromatic heterocycles. The Morgan fingerprint density at radius 2 is 1.86 bits per heavy atom. The van der Waals surface area contributed by atoms with E-state index in [9.17, 15) is 17.6 Å². The van der Waals surface area contributed by atoms with Gasteiger partial charge in [0.1, 0.15) is 10.0 Å². The number of thiophene rings is 1. The van der Waals surface area contributed by atoms with Gasteiger partial charge in [-0.1, -0.05) is 29.8 Å². The molecule has 2 aromatic rings. The van der Waals surface area contributed by atoms with Crippen molar-refractivity contribution in [2.45, 2.75) is 10.8 Å². The summed E-state index contributed by atoms with van der Waals surface area (Å²) < 4.78 is 40.4. The number of rotatable bonds is 6. The minimum atomic E-state index is -3.74. The van der Waals surface area contributed by atoms with Crippen LogP contribution in [0.4, 0.5) is 4.39 Å².